The highest BCUT2D eigenvalue weighted by atomic mass is 16.4. The molecule has 1 heterocycles. The SMILES string of the molecule is CC[C@H](C)[C@H](NC(=O)[C@@H]1CCCN1)C(=O)N[C@H](C(=O)N[C@@H](CO)C(=O)N[C@@H](CCC(N)=O)C(=O)N[C@H](C(=O)N[C@H](C(=O)N[C@@H](C)C(=O)N[C@@H](CC(C)C)C(=O)N[C@@H](C)C(=O)O)[C@@H](C)O)[C@@H](C)O)C(C)C. The Morgan fingerprint density at radius 1 is 0.571 bits per heavy atom. The first kappa shape index (κ1) is 62.0. The number of rotatable bonds is 30. The molecule has 0 bridgehead atoms. The largest absolute Gasteiger partial charge is 0.480 e. The standard InChI is InChI=1S/C44H77N11O15/c1-11-21(6)32(53-36(61)26-13-12-16-46-26)41(66)52-31(20(4)5)40(65)51-29(18-56)39(64)49-27(14-15-30(45)59)37(62)54-34(25(10)58)43(68)55-33(24(9)57)42(67)47-22(7)35(60)50-28(17-19(2)3)38(63)48-23(8)44(69)70/h19-29,31-34,46,56-58H,11-18H2,1-10H3,(H2,45,59)(H,47,67)(H,48,63)(H,49,64)(H,50,60)(H,51,65)(H,52,66)(H,53,61)(H,54,62)(H,55,68)(H,69,70)/t21-,22-,23-,24+,25+,26-,27-,28-,29-,31-,32-,33-,34-/m0/s1. The maximum absolute atomic E-state index is 13.7. The van der Waals surface area contributed by atoms with Crippen LogP contribution < -0.4 is 58.9 Å². The van der Waals surface area contributed by atoms with E-state index in [-0.39, 0.29) is 24.2 Å². The highest BCUT2D eigenvalue weighted by Gasteiger charge is 2.38. The summed E-state index contributed by atoms with van der Waals surface area (Å²) in [6, 6.07) is -13.8. The molecule has 13 atom stereocenters. The van der Waals surface area contributed by atoms with Gasteiger partial charge in [0.05, 0.1) is 24.9 Å². The fourth-order valence-corrected chi connectivity index (χ4v) is 6.98. The Balaban J connectivity index is 3.21. The van der Waals surface area contributed by atoms with Crippen LogP contribution in [0, 0.1) is 17.8 Å². The van der Waals surface area contributed by atoms with Crippen molar-refractivity contribution in [2.75, 3.05) is 13.2 Å². The molecule has 0 aromatic rings. The molecule has 0 saturated carbocycles. The average Bonchev–Trinajstić information content (AvgIpc) is 3.82. The first-order chi connectivity index (χ1) is 32.6. The number of hydrogen-bond acceptors (Lipinski definition) is 15. The van der Waals surface area contributed by atoms with Gasteiger partial charge in [0.1, 0.15) is 54.4 Å². The summed E-state index contributed by atoms with van der Waals surface area (Å²) in [6.45, 7) is 14.6. The summed E-state index contributed by atoms with van der Waals surface area (Å²) < 4.78 is 0. The van der Waals surface area contributed by atoms with Crippen LogP contribution in [0.15, 0.2) is 0 Å². The second-order valence-corrected chi connectivity index (χ2v) is 18.5. The van der Waals surface area contributed by atoms with E-state index < -0.39 is 157 Å². The lowest BCUT2D eigenvalue weighted by molar-refractivity contribution is -0.142. The van der Waals surface area contributed by atoms with Gasteiger partial charge in [0.15, 0.2) is 0 Å². The molecule has 0 spiro atoms. The van der Waals surface area contributed by atoms with Crippen LogP contribution in [0.3, 0.4) is 0 Å². The van der Waals surface area contributed by atoms with Gasteiger partial charge in [0, 0.05) is 6.42 Å². The van der Waals surface area contributed by atoms with E-state index >= 15 is 0 Å². The van der Waals surface area contributed by atoms with Crippen LogP contribution in [-0.4, -0.2) is 171 Å². The molecule has 398 valence electrons. The van der Waals surface area contributed by atoms with Crippen molar-refractivity contribution in [1.82, 2.24) is 53.2 Å². The smallest absolute Gasteiger partial charge is 0.325 e. The molecule has 26 heteroatoms. The molecule has 1 aliphatic heterocycles. The van der Waals surface area contributed by atoms with E-state index in [1.54, 1.807) is 34.6 Å². The van der Waals surface area contributed by atoms with E-state index in [9.17, 15) is 73.2 Å². The van der Waals surface area contributed by atoms with Crippen LogP contribution in [0.1, 0.15) is 108 Å². The summed E-state index contributed by atoms with van der Waals surface area (Å²) >= 11 is 0. The lowest BCUT2D eigenvalue weighted by atomic mass is 9.96. The Bertz CT molecular complexity index is 1840. The highest BCUT2D eigenvalue weighted by Crippen LogP contribution is 2.13. The molecule has 70 heavy (non-hydrogen) atoms. The molecule has 0 aliphatic carbocycles. The average molecular weight is 1000 g/mol. The van der Waals surface area contributed by atoms with E-state index in [0.29, 0.717) is 19.4 Å². The minimum Gasteiger partial charge on any atom is -0.480 e. The zero-order chi connectivity index (χ0) is 53.7. The summed E-state index contributed by atoms with van der Waals surface area (Å²) in [7, 11) is 0. The van der Waals surface area contributed by atoms with Gasteiger partial charge in [-0.2, -0.15) is 0 Å². The Hall–Kier alpha value is -5.99. The Kier molecular flexibility index (Phi) is 26.5. The molecular weight excluding hydrogens is 923 g/mol. The number of aliphatic carboxylic acids is 1. The molecule has 0 aromatic heterocycles. The zero-order valence-corrected chi connectivity index (χ0v) is 41.7. The van der Waals surface area contributed by atoms with Crippen LogP contribution in [0.5, 0.6) is 0 Å². The number of nitrogens with two attached hydrogens (primary N) is 1. The predicted molar refractivity (Wildman–Crippen MR) is 250 cm³/mol. The van der Waals surface area contributed by atoms with E-state index in [2.05, 4.69) is 53.2 Å². The number of carboxylic acid groups (broad SMARTS) is 1. The number of carbonyl (C=O) groups is 11. The van der Waals surface area contributed by atoms with Crippen LogP contribution in [0.2, 0.25) is 0 Å². The van der Waals surface area contributed by atoms with Crippen LogP contribution >= 0.6 is 0 Å². The van der Waals surface area contributed by atoms with Gasteiger partial charge < -0.3 is 79.3 Å². The number of carboxylic acids is 1. The molecule has 26 nitrogen and oxygen atoms in total. The van der Waals surface area contributed by atoms with Crippen molar-refractivity contribution in [1.29, 1.82) is 0 Å². The monoisotopic (exact) mass is 1000 g/mol. The van der Waals surface area contributed by atoms with Crippen molar-refractivity contribution in [3.05, 3.63) is 0 Å². The number of hydrogen-bond donors (Lipinski definition) is 15. The number of carbonyl (C=O) groups excluding carboxylic acids is 10. The molecule has 0 aromatic carbocycles. The lowest BCUT2D eigenvalue weighted by Crippen LogP contribution is -2.63. The number of nitrogens with one attached hydrogen (secondary N) is 10. The summed E-state index contributed by atoms with van der Waals surface area (Å²) in [5.74, 6) is -11.6. The Morgan fingerprint density at radius 3 is 1.50 bits per heavy atom. The highest BCUT2D eigenvalue weighted by molar-refractivity contribution is 5.99. The molecule has 1 fully saturated rings. The quantitative estimate of drug-likeness (QED) is 0.0320. The lowest BCUT2D eigenvalue weighted by Gasteiger charge is -2.30. The Morgan fingerprint density at radius 2 is 1.03 bits per heavy atom. The van der Waals surface area contributed by atoms with Crippen molar-refractivity contribution in [3.63, 3.8) is 0 Å². The van der Waals surface area contributed by atoms with Gasteiger partial charge in [-0.25, -0.2) is 0 Å². The van der Waals surface area contributed by atoms with E-state index in [0.717, 1.165) is 20.3 Å². The van der Waals surface area contributed by atoms with Gasteiger partial charge in [0.2, 0.25) is 59.1 Å². The number of aliphatic hydroxyl groups excluding tert-OH is 3. The molecule has 1 aliphatic rings. The van der Waals surface area contributed by atoms with Crippen molar-refractivity contribution in [2.45, 2.75) is 180 Å². The number of primary amides is 1. The van der Waals surface area contributed by atoms with Gasteiger partial charge in [-0.1, -0.05) is 48.0 Å². The number of aliphatic hydroxyl groups is 3. The third kappa shape index (κ3) is 20.5. The first-order valence-corrected chi connectivity index (χ1v) is 23.5. The van der Waals surface area contributed by atoms with Gasteiger partial charge >= 0.3 is 5.97 Å². The minimum absolute atomic E-state index is 0.0936. The topological polar surface area (TPSA) is 415 Å². The molecule has 0 radical (unpaired) electrons. The fraction of sp³-hybridized carbons (Fsp3) is 0.750. The van der Waals surface area contributed by atoms with Gasteiger partial charge in [-0.05, 0) is 77.7 Å². The maximum atomic E-state index is 13.7. The predicted octanol–water partition coefficient (Wildman–Crippen LogP) is -5.01. The third-order valence-corrected chi connectivity index (χ3v) is 11.5. The van der Waals surface area contributed by atoms with Gasteiger partial charge in [-0.15, -0.1) is 0 Å². The Labute approximate surface area is 407 Å². The van der Waals surface area contributed by atoms with Crippen LogP contribution in [0.4, 0.5) is 0 Å². The molecule has 1 saturated heterocycles. The van der Waals surface area contributed by atoms with Gasteiger partial charge in [-0.3, -0.25) is 52.7 Å². The van der Waals surface area contributed by atoms with E-state index in [1.807, 2.05) is 6.92 Å². The zero-order valence-electron chi connectivity index (χ0n) is 41.7. The molecule has 10 amide bonds. The van der Waals surface area contributed by atoms with Crippen LogP contribution in [0.25, 0.3) is 0 Å². The fourth-order valence-electron chi connectivity index (χ4n) is 6.98. The van der Waals surface area contributed by atoms with Gasteiger partial charge in [0.25, 0.3) is 0 Å². The first-order valence-electron chi connectivity index (χ1n) is 23.5. The summed E-state index contributed by atoms with van der Waals surface area (Å²) in [5, 5.41) is 65.0. The normalized spacial score (nSPS) is 18.6. The molecular formula is C44H77N11O15. The van der Waals surface area contributed by atoms with E-state index in [4.69, 9.17) is 5.73 Å². The second-order valence-electron chi connectivity index (χ2n) is 18.5. The molecule has 16 N–H and O–H groups in total. The molecule has 1 rings (SSSR count). The summed E-state index contributed by atoms with van der Waals surface area (Å²) in [6.07, 6.45) is -2.40. The minimum atomic E-state index is -1.90. The van der Waals surface area contributed by atoms with E-state index in [1.165, 1.54) is 13.8 Å². The summed E-state index contributed by atoms with van der Waals surface area (Å²) in [5.41, 5.74) is 5.31. The van der Waals surface area contributed by atoms with Crippen LogP contribution in [-0.2, 0) is 52.7 Å². The van der Waals surface area contributed by atoms with Crippen molar-refractivity contribution in [3.8, 4) is 0 Å². The maximum Gasteiger partial charge on any atom is 0.325 e. The third-order valence-electron chi connectivity index (χ3n) is 11.5. The van der Waals surface area contributed by atoms with Crippen molar-refractivity contribution < 1.29 is 73.2 Å². The summed E-state index contributed by atoms with van der Waals surface area (Å²) in [4.78, 5) is 143. The molecule has 0 unspecified atom stereocenters. The number of amides is 10. The second kappa shape index (κ2) is 29.9. The van der Waals surface area contributed by atoms with Crippen molar-refractivity contribution >= 4 is 65.0 Å². The van der Waals surface area contributed by atoms with Crippen molar-refractivity contribution in [2.24, 2.45) is 23.5 Å².